The fourth-order valence-corrected chi connectivity index (χ4v) is 1.63. The molecule has 2 nitrogen and oxygen atoms in total. The van der Waals surface area contributed by atoms with E-state index in [1.807, 2.05) is 6.26 Å². The molecule has 0 aromatic carbocycles. The molecule has 0 unspecified atom stereocenters. The second-order valence-corrected chi connectivity index (χ2v) is 4.21. The minimum absolute atomic E-state index is 0.407. The smallest absolute Gasteiger partial charge is 0.137 e. The molecular formula is C9H10ClNOS. The van der Waals surface area contributed by atoms with Crippen LogP contribution in [-0.2, 0) is 0 Å². The van der Waals surface area contributed by atoms with Gasteiger partial charge in [-0.2, -0.15) is 0 Å². The molecule has 0 atom stereocenters. The van der Waals surface area contributed by atoms with Crippen molar-refractivity contribution >= 4 is 23.4 Å². The highest BCUT2D eigenvalue weighted by molar-refractivity contribution is 7.98. The van der Waals surface area contributed by atoms with E-state index in [1.54, 1.807) is 24.0 Å². The second kappa shape index (κ2) is 3.76. The SMILES string of the molecule is CSc1cnc(Cl)cc1OC1CC1. The number of thioether (sulfide) groups is 1. The highest BCUT2D eigenvalue weighted by atomic mass is 35.5. The Morgan fingerprint density at radius 2 is 2.38 bits per heavy atom. The average molecular weight is 216 g/mol. The first-order chi connectivity index (χ1) is 6.29. The first-order valence-electron chi connectivity index (χ1n) is 4.16. The number of nitrogens with zero attached hydrogens (tertiary/aromatic N) is 1. The van der Waals surface area contributed by atoms with Crippen molar-refractivity contribution in [2.45, 2.75) is 23.8 Å². The molecule has 0 amide bonds. The van der Waals surface area contributed by atoms with Crippen molar-refractivity contribution in [3.63, 3.8) is 0 Å². The third-order valence-electron chi connectivity index (χ3n) is 1.84. The van der Waals surface area contributed by atoms with E-state index in [2.05, 4.69) is 4.98 Å². The zero-order valence-electron chi connectivity index (χ0n) is 7.29. The van der Waals surface area contributed by atoms with Gasteiger partial charge in [-0.15, -0.1) is 11.8 Å². The maximum Gasteiger partial charge on any atom is 0.137 e. The van der Waals surface area contributed by atoms with E-state index in [9.17, 15) is 0 Å². The Hall–Kier alpha value is -0.410. The molecule has 1 saturated carbocycles. The Balaban J connectivity index is 2.22. The van der Waals surface area contributed by atoms with E-state index < -0.39 is 0 Å². The van der Waals surface area contributed by atoms with Crippen molar-refractivity contribution in [1.29, 1.82) is 0 Å². The normalized spacial score (nSPS) is 15.8. The number of halogens is 1. The van der Waals surface area contributed by atoms with Gasteiger partial charge in [-0.05, 0) is 19.1 Å². The van der Waals surface area contributed by atoms with Crippen molar-refractivity contribution in [2.24, 2.45) is 0 Å². The van der Waals surface area contributed by atoms with Gasteiger partial charge in [-0.3, -0.25) is 0 Å². The standard InChI is InChI=1S/C9H10ClNOS/c1-13-8-5-11-9(10)4-7(8)12-6-2-3-6/h4-6H,2-3H2,1H3. The first kappa shape index (κ1) is 9.16. The van der Waals surface area contributed by atoms with Gasteiger partial charge in [-0.1, -0.05) is 11.6 Å². The molecule has 1 aromatic heterocycles. The predicted molar refractivity (Wildman–Crippen MR) is 54.7 cm³/mol. The van der Waals surface area contributed by atoms with E-state index in [1.165, 1.54) is 0 Å². The molecule has 1 heterocycles. The summed E-state index contributed by atoms with van der Waals surface area (Å²) in [5.41, 5.74) is 0. The van der Waals surface area contributed by atoms with Crippen LogP contribution in [0.15, 0.2) is 17.2 Å². The van der Waals surface area contributed by atoms with E-state index >= 15 is 0 Å². The molecule has 13 heavy (non-hydrogen) atoms. The summed E-state index contributed by atoms with van der Waals surface area (Å²) in [5.74, 6) is 0.870. The minimum atomic E-state index is 0.407. The van der Waals surface area contributed by atoms with Gasteiger partial charge in [0.2, 0.25) is 0 Å². The van der Waals surface area contributed by atoms with Gasteiger partial charge in [0.25, 0.3) is 0 Å². The molecule has 1 aromatic rings. The van der Waals surface area contributed by atoms with Crippen LogP contribution in [0.5, 0.6) is 5.75 Å². The first-order valence-corrected chi connectivity index (χ1v) is 5.76. The molecule has 1 aliphatic rings. The van der Waals surface area contributed by atoms with Gasteiger partial charge < -0.3 is 4.74 Å². The van der Waals surface area contributed by atoms with Crippen molar-refractivity contribution in [2.75, 3.05) is 6.26 Å². The van der Waals surface area contributed by atoms with Crippen LogP contribution in [0.3, 0.4) is 0 Å². The number of ether oxygens (including phenoxy) is 1. The van der Waals surface area contributed by atoms with Gasteiger partial charge in [0.1, 0.15) is 10.9 Å². The quantitative estimate of drug-likeness (QED) is 0.572. The summed E-state index contributed by atoms with van der Waals surface area (Å²) in [7, 11) is 0. The topological polar surface area (TPSA) is 22.1 Å². The average Bonchev–Trinajstić information content (AvgIpc) is 2.89. The molecule has 1 aliphatic carbocycles. The monoisotopic (exact) mass is 215 g/mol. The van der Waals surface area contributed by atoms with Crippen LogP contribution in [0, 0.1) is 0 Å². The van der Waals surface area contributed by atoms with E-state index in [4.69, 9.17) is 16.3 Å². The van der Waals surface area contributed by atoms with Gasteiger partial charge in [-0.25, -0.2) is 4.98 Å². The predicted octanol–water partition coefficient (Wildman–Crippen LogP) is 3.00. The lowest BCUT2D eigenvalue weighted by Gasteiger charge is -2.08. The fourth-order valence-electron chi connectivity index (χ4n) is 1.01. The zero-order valence-corrected chi connectivity index (χ0v) is 8.86. The lowest BCUT2D eigenvalue weighted by Crippen LogP contribution is -1.97. The van der Waals surface area contributed by atoms with Gasteiger partial charge >= 0.3 is 0 Å². The Morgan fingerprint density at radius 1 is 1.62 bits per heavy atom. The highest BCUT2D eigenvalue weighted by Gasteiger charge is 2.24. The summed E-state index contributed by atoms with van der Waals surface area (Å²) < 4.78 is 5.68. The van der Waals surface area contributed by atoms with Crippen LogP contribution >= 0.6 is 23.4 Å². The Kier molecular flexibility index (Phi) is 2.65. The third kappa shape index (κ3) is 2.29. The molecule has 0 saturated heterocycles. The van der Waals surface area contributed by atoms with E-state index in [0.717, 1.165) is 23.5 Å². The number of pyridine rings is 1. The molecule has 0 radical (unpaired) electrons. The summed E-state index contributed by atoms with van der Waals surface area (Å²) in [6.07, 6.45) is 6.49. The minimum Gasteiger partial charge on any atom is -0.489 e. The summed E-state index contributed by atoms with van der Waals surface area (Å²) in [6.45, 7) is 0. The fraction of sp³-hybridized carbons (Fsp3) is 0.444. The second-order valence-electron chi connectivity index (χ2n) is 2.98. The molecule has 70 valence electrons. The molecule has 4 heteroatoms. The summed E-state index contributed by atoms with van der Waals surface area (Å²) in [6, 6.07) is 1.78. The van der Waals surface area contributed by atoms with Crippen LogP contribution < -0.4 is 4.74 Å². The number of hydrogen-bond acceptors (Lipinski definition) is 3. The van der Waals surface area contributed by atoms with Crippen LogP contribution in [0.4, 0.5) is 0 Å². The van der Waals surface area contributed by atoms with Gasteiger partial charge in [0.15, 0.2) is 0 Å². The summed E-state index contributed by atoms with van der Waals surface area (Å²) in [4.78, 5) is 5.06. The number of hydrogen-bond donors (Lipinski definition) is 0. The Bertz CT molecular complexity index is 314. The van der Waals surface area contributed by atoms with E-state index in [-0.39, 0.29) is 0 Å². The Morgan fingerprint density at radius 3 is 3.00 bits per heavy atom. The van der Waals surface area contributed by atoms with Crippen LogP contribution in [0.2, 0.25) is 5.15 Å². The molecule has 0 bridgehead atoms. The van der Waals surface area contributed by atoms with Crippen LogP contribution in [0.25, 0.3) is 0 Å². The van der Waals surface area contributed by atoms with Crippen LogP contribution in [0.1, 0.15) is 12.8 Å². The Labute approximate surface area is 86.6 Å². The molecule has 0 spiro atoms. The number of rotatable bonds is 3. The van der Waals surface area contributed by atoms with Crippen molar-refractivity contribution in [1.82, 2.24) is 4.98 Å². The lowest BCUT2D eigenvalue weighted by atomic mass is 10.4. The van der Waals surface area contributed by atoms with Crippen molar-refractivity contribution < 1.29 is 4.74 Å². The zero-order chi connectivity index (χ0) is 9.26. The summed E-state index contributed by atoms with van der Waals surface area (Å²) >= 11 is 7.41. The highest BCUT2D eigenvalue weighted by Crippen LogP contribution is 2.34. The third-order valence-corrected chi connectivity index (χ3v) is 2.79. The molecule has 0 N–H and O–H groups in total. The molecule has 1 fully saturated rings. The maximum atomic E-state index is 5.78. The molecular weight excluding hydrogens is 206 g/mol. The molecule has 0 aliphatic heterocycles. The van der Waals surface area contributed by atoms with Gasteiger partial charge in [0, 0.05) is 12.3 Å². The lowest BCUT2D eigenvalue weighted by molar-refractivity contribution is 0.295. The largest absolute Gasteiger partial charge is 0.489 e. The van der Waals surface area contributed by atoms with Crippen molar-refractivity contribution in [3.05, 3.63) is 17.4 Å². The molecule has 2 rings (SSSR count). The van der Waals surface area contributed by atoms with Gasteiger partial charge in [0.05, 0.1) is 11.0 Å². The van der Waals surface area contributed by atoms with E-state index in [0.29, 0.717) is 11.3 Å². The van der Waals surface area contributed by atoms with Crippen LogP contribution in [-0.4, -0.2) is 17.3 Å². The van der Waals surface area contributed by atoms with Crippen molar-refractivity contribution in [3.8, 4) is 5.75 Å². The maximum absolute atomic E-state index is 5.78. The number of aromatic nitrogens is 1. The summed E-state index contributed by atoms with van der Waals surface area (Å²) in [5, 5.41) is 0.494.